The summed E-state index contributed by atoms with van der Waals surface area (Å²) in [6.45, 7) is 1.81. The minimum Gasteiger partial charge on any atom is -0.337 e. The van der Waals surface area contributed by atoms with Crippen molar-refractivity contribution in [1.29, 1.82) is 0 Å². The van der Waals surface area contributed by atoms with Gasteiger partial charge in [-0.05, 0) is 44.0 Å². The van der Waals surface area contributed by atoms with Crippen LogP contribution in [0.5, 0.6) is 0 Å². The van der Waals surface area contributed by atoms with E-state index in [9.17, 15) is 9.59 Å². The first kappa shape index (κ1) is 16.8. The number of anilines is 1. The molecular weight excluding hydrogens is 302 g/mol. The number of carbonyl (C=O) groups excluding carboxylic acids is 2. The van der Waals surface area contributed by atoms with Crippen molar-refractivity contribution in [1.82, 2.24) is 10.2 Å². The zero-order valence-corrected chi connectivity index (χ0v) is 13.5. The number of hydrogen-bond acceptors (Lipinski definition) is 3. The number of hydrogen-bond donors (Lipinski definition) is 2. The van der Waals surface area contributed by atoms with E-state index in [4.69, 9.17) is 0 Å². The van der Waals surface area contributed by atoms with Crippen LogP contribution in [0.2, 0.25) is 0 Å². The van der Waals surface area contributed by atoms with E-state index in [1.165, 1.54) is 0 Å². The molecule has 2 amide bonds. The summed E-state index contributed by atoms with van der Waals surface area (Å²) >= 11 is 0. The number of carbonyl (C=O) groups is 2. The van der Waals surface area contributed by atoms with Crippen LogP contribution in [0.4, 0.5) is 5.69 Å². The van der Waals surface area contributed by atoms with Crippen molar-refractivity contribution in [2.75, 3.05) is 25.5 Å². The smallest absolute Gasteiger partial charge is 0.253 e. The Morgan fingerprint density at radius 2 is 2.05 bits per heavy atom. The summed E-state index contributed by atoms with van der Waals surface area (Å²) in [5.41, 5.74) is 1.33. The number of rotatable bonds is 4. The van der Waals surface area contributed by atoms with Gasteiger partial charge in [-0.3, -0.25) is 9.59 Å². The zero-order chi connectivity index (χ0) is 14.8. The second-order valence-electron chi connectivity index (χ2n) is 5.91. The summed E-state index contributed by atoms with van der Waals surface area (Å²) < 4.78 is 0. The van der Waals surface area contributed by atoms with Crippen LogP contribution in [0.3, 0.4) is 0 Å². The predicted octanol–water partition coefficient (Wildman–Crippen LogP) is 1.89. The molecule has 1 aromatic carbocycles. The van der Waals surface area contributed by atoms with Gasteiger partial charge in [-0.2, -0.15) is 0 Å². The summed E-state index contributed by atoms with van der Waals surface area (Å²) in [5, 5.41) is 6.15. The molecule has 3 rings (SSSR count). The van der Waals surface area contributed by atoms with Crippen molar-refractivity contribution in [2.24, 2.45) is 5.92 Å². The van der Waals surface area contributed by atoms with Crippen LogP contribution in [-0.2, 0) is 4.79 Å². The van der Waals surface area contributed by atoms with Gasteiger partial charge in [0, 0.05) is 36.8 Å². The Bertz CT molecular complexity index is 554. The van der Waals surface area contributed by atoms with Gasteiger partial charge in [0.25, 0.3) is 5.91 Å². The molecule has 1 saturated heterocycles. The summed E-state index contributed by atoms with van der Waals surface area (Å²) in [6.07, 6.45) is 2.93. The molecular formula is C16H22ClN3O2. The maximum Gasteiger partial charge on any atom is 0.253 e. The molecule has 22 heavy (non-hydrogen) atoms. The highest BCUT2D eigenvalue weighted by Crippen LogP contribution is 2.30. The van der Waals surface area contributed by atoms with E-state index in [0.717, 1.165) is 32.4 Å². The summed E-state index contributed by atoms with van der Waals surface area (Å²) in [5.74, 6) is 0.232. The molecule has 1 unspecified atom stereocenters. The summed E-state index contributed by atoms with van der Waals surface area (Å²) in [4.78, 5) is 26.1. The fourth-order valence-corrected chi connectivity index (χ4v) is 2.66. The molecule has 5 nitrogen and oxygen atoms in total. The van der Waals surface area contributed by atoms with Crippen molar-refractivity contribution in [3.05, 3.63) is 29.8 Å². The summed E-state index contributed by atoms with van der Waals surface area (Å²) in [6, 6.07) is 7.46. The first-order chi connectivity index (χ1) is 10.1. The van der Waals surface area contributed by atoms with Gasteiger partial charge in [-0.15, -0.1) is 12.4 Å². The van der Waals surface area contributed by atoms with Crippen molar-refractivity contribution >= 4 is 29.9 Å². The highest BCUT2D eigenvalue weighted by atomic mass is 35.5. The molecule has 120 valence electrons. The Balaban J connectivity index is 0.00000176. The Labute approximate surface area is 136 Å². The van der Waals surface area contributed by atoms with Crippen LogP contribution in [-0.4, -0.2) is 42.9 Å². The average molecular weight is 324 g/mol. The van der Waals surface area contributed by atoms with Crippen molar-refractivity contribution < 1.29 is 9.59 Å². The zero-order valence-electron chi connectivity index (χ0n) is 12.7. The predicted molar refractivity (Wildman–Crippen MR) is 88.4 cm³/mol. The van der Waals surface area contributed by atoms with E-state index < -0.39 is 0 Å². The molecule has 2 aliphatic rings. The fourth-order valence-electron chi connectivity index (χ4n) is 2.66. The van der Waals surface area contributed by atoms with Crippen LogP contribution < -0.4 is 10.6 Å². The third kappa shape index (κ3) is 3.78. The maximum absolute atomic E-state index is 12.5. The van der Waals surface area contributed by atoms with E-state index in [1.54, 1.807) is 17.0 Å². The van der Waals surface area contributed by atoms with Gasteiger partial charge in [-0.1, -0.05) is 6.07 Å². The molecule has 0 bridgehead atoms. The van der Waals surface area contributed by atoms with Crippen molar-refractivity contribution in [3.8, 4) is 0 Å². The van der Waals surface area contributed by atoms with Crippen LogP contribution in [0.25, 0.3) is 0 Å². The van der Waals surface area contributed by atoms with Gasteiger partial charge in [0.1, 0.15) is 0 Å². The SMILES string of the molecule is CN(C(=O)c1cccc(NC(=O)C2CC2)c1)C1CCNC1.Cl. The lowest BCUT2D eigenvalue weighted by molar-refractivity contribution is -0.117. The third-order valence-corrected chi connectivity index (χ3v) is 4.23. The molecule has 1 atom stereocenters. The molecule has 2 N–H and O–H groups in total. The van der Waals surface area contributed by atoms with Gasteiger partial charge in [-0.25, -0.2) is 0 Å². The van der Waals surface area contributed by atoms with Crippen LogP contribution >= 0.6 is 12.4 Å². The minimum absolute atomic E-state index is 0. The molecule has 6 heteroatoms. The Kier molecular flexibility index (Phi) is 5.42. The van der Waals surface area contributed by atoms with E-state index in [1.807, 2.05) is 19.2 Å². The van der Waals surface area contributed by atoms with Crippen molar-refractivity contribution in [2.45, 2.75) is 25.3 Å². The first-order valence-electron chi connectivity index (χ1n) is 7.54. The van der Waals surface area contributed by atoms with Crippen LogP contribution in [0.15, 0.2) is 24.3 Å². The fraction of sp³-hybridized carbons (Fsp3) is 0.500. The Hall–Kier alpha value is -1.59. The highest BCUT2D eigenvalue weighted by molar-refractivity contribution is 5.98. The number of benzene rings is 1. The molecule has 1 aliphatic heterocycles. The standard InChI is InChI=1S/C16H21N3O2.ClH/c1-19(14-7-8-17-10-14)16(21)12-3-2-4-13(9-12)18-15(20)11-5-6-11;/h2-4,9,11,14,17H,5-8,10H2,1H3,(H,18,20);1H. The number of nitrogens with one attached hydrogen (secondary N) is 2. The monoisotopic (exact) mass is 323 g/mol. The van der Waals surface area contributed by atoms with E-state index in [0.29, 0.717) is 11.3 Å². The molecule has 0 spiro atoms. The van der Waals surface area contributed by atoms with E-state index >= 15 is 0 Å². The number of likely N-dealkylation sites (N-methyl/N-ethyl adjacent to an activating group) is 1. The lowest BCUT2D eigenvalue weighted by atomic mass is 10.1. The van der Waals surface area contributed by atoms with Gasteiger partial charge in [0.2, 0.25) is 5.91 Å². The molecule has 1 aliphatic carbocycles. The molecule has 2 fully saturated rings. The average Bonchev–Trinajstić information content (AvgIpc) is 3.21. The van der Waals surface area contributed by atoms with Gasteiger partial charge in [0.15, 0.2) is 0 Å². The third-order valence-electron chi connectivity index (χ3n) is 4.23. The maximum atomic E-state index is 12.5. The van der Waals surface area contributed by atoms with Crippen LogP contribution in [0.1, 0.15) is 29.6 Å². The Morgan fingerprint density at radius 1 is 1.27 bits per heavy atom. The topological polar surface area (TPSA) is 61.4 Å². The molecule has 0 radical (unpaired) electrons. The first-order valence-corrected chi connectivity index (χ1v) is 7.54. The largest absolute Gasteiger partial charge is 0.337 e. The number of amides is 2. The number of nitrogens with zero attached hydrogens (tertiary/aromatic N) is 1. The van der Waals surface area contributed by atoms with Gasteiger partial charge in [0.05, 0.1) is 0 Å². The lowest BCUT2D eigenvalue weighted by Crippen LogP contribution is -2.38. The quantitative estimate of drug-likeness (QED) is 0.889. The van der Waals surface area contributed by atoms with E-state index in [2.05, 4.69) is 10.6 Å². The van der Waals surface area contributed by atoms with Crippen LogP contribution in [0, 0.1) is 5.92 Å². The lowest BCUT2D eigenvalue weighted by Gasteiger charge is -2.24. The molecule has 1 saturated carbocycles. The normalized spacial score (nSPS) is 20.1. The minimum atomic E-state index is 0. The highest BCUT2D eigenvalue weighted by Gasteiger charge is 2.29. The number of halogens is 1. The molecule has 0 aromatic heterocycles. The Morgan fingerprint density at radius 3 is 2.68 bits per heavy atom. The molecule has 1 aromatic rings. The van der Waals surface area contributed by atoms with Gasteiger partial charge < -0.3 is 15.5 Å². The van der Waals surface area contributed by atoms with E-state index in [-0.39, 0.29) is 36.2 Å². The summed E-state index contributed by atoms with van der Waals surface area (Å²) in [7, 11) is 1.84. The van der Waals surface area contributed by atoms with Crippen molar-refractivity contribution in [3.63, 3.8) is 0 Å². The second kappa shape index (κ2) is 7.11. The molecule has 1 heterocycles. The van der Waals surface area contributed by atoms with Gasteiger partial charge >= 0.3 is 0 Å². The second-order valence-corrected chi connectivity index (χ2v) is 5.91.